The third-order valence-electron chi connectivity index (χ3n) is 4.25. The highest BCUT2D eigenvalue weighted by atomic mass is 79.9. The first-order valence-electron chi connectivity index (χ1n) is 8.44. The van der Waals surface area contributed by atoms with Gasteiger partial charge in [0.2, 0.25) is 0 Å². The van der Waals surface area contributed by atoms with Crippen molar-refractivity contribution < 1.29 is 9.18 Å². The van der Waals surface area contributed by atoms with Crippen LogP contribution in [-0.2, 0) is 4.79 Å². The van der Waals surface area contributed by atoms with Gasteiger partial charge in [-0.2, -0.15) is 0 Å². The first-order chi connectivity index (χ1) is 13.5. The maximum Gasteiger partial charge on any atom is 0.282 e. The number of nitrogens with zero attached hydrogens (tertiary/aromatic N) is 2. The third kappa shape index (κ3) is 3.63. The Morgan fingerprint density at radius 1 is 0.964 bits per heavy atom. The summed E-state index contributed by atoms with van der Waals surface area (Å²) in [4.78, 5) is 19.2. The maximum absolute atomic E-state index is 14.1. The van der Waals surface area contributed by atoms with Gasteiger partial charge in [-0.3, -0.25) is 9.69 Å². The molecule has 3 aromatic rings. The molecule has 138 valence electrons. The Balaban J connectivity index is 1.84. The van der Waals surface area contributed by atoms with Crippen LogP contribution in [-0.4, -0.2) is 11.7 Å². The Morgan fingerprint density at radius 2 is 1.64 bits per heavy atom. The van der Waals surface area contributed by atoms with Crippen LogP contribution in [0.3, 0.4) is 0 Å². The highest BCUT2D eigenvalue weighted by Crippen LogP contribution is 2.29. The normalized spacial score (nSPS) is 15.2. The Kier molecular flexibility index (Phi) is 5.11. The average Bonchev–Trinajstić information content (AvgIpc) is 3.01. The van der Waals surface area contributed by atoms with Crippen molar-refractivity contribution in [2.24, 2.45) is 4.99 Å². The number of hydrogen-bond donors (Lipinski definition) is 0. The fourth-order valence-corrected chi connectivity index (χ4v) is 3.27. The molecule has 0 aliphatic carbocycles. The summed E-state index contributed by atoms with van der Waals surface area (Å²) in [6, 6.07) is 20.7. The summed E-state index contributed by atoms with van der Waals surface area (Å²) in [7, 11) is 0. The summed E-state index contributed by atoms with van der Waals surface area (Å²) in [6.07, 6.45) is 1.46. The molecule has 0 atom stereocenters. The van der Waals surface area contributed by atoms with E-state index in [1.165, 1.54) is 17.0 Å². The summed E-state index contributed by atoms with van der Waals surface area (Å²) in [6.45, 7) is 0. The molecule has 0 N–H and O–H groups in total. The predicted octanol–water partition coefficient (Wildman–Crippen LogP) is 6.08. The Labute approximate surface area is 174 Å². The molecule has 4 rings (SSSR count). The van der Waals surface area contributed by atoms with Crippen molar-refractivity contribution in [1.29, 1.82) is 0 Å². The van der Waals surface area contributed by atoms with Gasteiger partial charge in [-0.15, -0.1) is 0 Å². The Bertz CT molecular complexity index is 1110. The zero-order chi connectivity index (χ0) is 19.7. The zero-order valence-corrected chi connectivity index (χ0v) is 16.8. The van der Waals surface area contributed by atoms with Gasteiger partial charge in [0.25, 0.3) is 5.91 Å². The van der Waals surface area contributed by atoms with E-state index in [4.69, 9.17) is 11.6 Å². The van der Waals surface area contributed by atoms with Crippen LogP contribution in [0.5, 0.6) is 0 Å². The van der Waals surface area contributed by atoms with Crippen LogP contribution in [0.15, 0.2) is 88.0 Å². The van der Waals surface area contributed by atoms with E-state index in [-0.39, 0.29) is 11.6 Å². The molecule has 6 heteroatoms. The molecule has 0 aromatic heterocycles. The van der Waals surface area contributed by atoms with Gasteiger partial charge in [-0.1, -0.05) is 57.9 Å². The number of amidine groups is 1. The van der Waals surface area contributed by atoms with Crippen molar-refractivity contribution in [3.8, 4) is 0 Å². The fraction of sp³-hybridized carbons (Fsp3) is 0. The summed E-state index contributed by atoms with van der Waals surface area (Å²) in [5.74, 6) is -0.265. The van der Waals surface area contributed by atoms with Crippen molar-refractivity contribution >= 4 is 51.0 Å². The number of rotatable bonds is 3. The van der Waals surface area contributed by atoms with E-state index in [0.29, 0.717) is 22.1 Å². The van der Waals surface area contributed by atoms with Crippen molar-refractivity contribution in [2.75, 3.05) is 4.90 Å². The highest BCUT2D eigenvalue weighted by Gasteiger charge is 2.32. The summed E-state index contributed by atoms with van der Waals surface area (Å²) >= 11 is 9.40. The fourth-order valence-electron chi connectivity index (χ4n) is 2.88. The molecule has 3 aromatic carbocycles. The van der Waals surface area contributed by atoms with Crippen molar-refractivity contribution in [2.45, 2.75) is 0 Å². The lowest BCUT2D eigenvalue weighted by Gasteiger charge is -2.18. The molecule has 0 saturated heterocycles. The number of benzene rings is 3. The van der Waals surface area contributed by atoms with E-state index >= 15 is 0 Å². The summed E-state index contributed by atoms with van der Waals surface area (Å²) in [5, 5.41) is 0.569. The average molecular weight is 456 g/mol. The van der Waals surface area contributed by atoms with Gasteiger partial charge in [-0.25, -0.2) is 9.38 Å². The Hall–Kier alpha value is -2.76. The number of carbonyl (C=O) groups excluding carboxylic acids is 1. The van der Waals surface area contributed by atoms with E-state index < -0.39 is 5.82 Å². The van der Waals surface area contributed by atoms with Crippen LogP contribution in [0, 0.1) is 5.82 Å². The van der Waals surface area contributed by atoms with Gasteiger partial charge in [0.15, 0.2) is 0 Å². The van der Waals surface area contributed by atoms with Gasteiger partial charge in [0.1, 0.15) is 17.3 Å². The molecular weight excluding hydrogens is 443 g/mol. The minimum absolute atomic E-state index is 0.165. The van der Waals surface area contributed by atoms with Gasteiger partial charge < -0.3 is 0 Å². The van der Waals surface area contributed by atoms with Crippen LogP contribution in [0.25, 0.3) is 6.08 Å². The van der Waals surface area contributed by atoms with Gasteiger partial charge in [0.05, 0.1) is 5.69 Å². The smallest absolute Gasteiger partial charge is 0.266 e. The molecule has 3 nitrogen and oxygen atoms in total. The molecule has 0 radical (unpaired) electrons. The van der Waals surface area contributed by atoms with E-state index in [1.807, 2.05) is 24.3 Å². The quantitative estimate of drug-likeness (QED) is 0.441. The largest absolute Gasteiger partial charge is 0.282 e. The summed E-state index contributed by atoms with van der Waals surface area (Å²) < 4.78 is 15.0. The molecule has 1 amide bonds. The number of hydrogen-bond acceptors (Lipinski definition) is 2. The molecular formula is C22H13BrClFN2O. The SMILES string of the molecule is O=C1/C(=C\c2ccccc2F)N=C(c2ccc(Br)cc2)N1c1ccc(Cl)cc1. The topological polar surface area (TPSA) is 32.7 Å². The Morgan fingerprint density at radius 3 is 2.32 bits per heavy atom. The van der Waals surface area contributed by atoms with Gasteiger partial charge >= 0.3 is 0 Å². The standard InChI is InChI=1S/C22H13BrClFN2O/c23-16-7-5-14(6-8-16)21-26-20(13-15-3-1-2-4-19(15)25)22(28)27(21)18-11-9-17(24)10-12-18/h1-13H/b20-13+. The molecule has 0 bridgehead atoms. The van der Waals surface area contributed by atoms with Gasteiger partial charge in [0, 0.05) is 20.6 Å². The molecule has 1 heterocycles. The second kappa shape index (κ2) is 7.70. The number of aliphatic imine (C=N–C) groups is 1. The van der Waals surface area contributed by atoms with E-state index in [2.05, 4.69) is 20.9 Å². The maximum atomic E-state index is 14.1. The van der Waals surface area contributed by atoms with Crippen LogP contribution in [0.2, 0.25) is 5.02 Å². The van der Waals surface area contributed by atoms with Crippen molar-refractivity contribution in [3.05, 3.63) is 105 Å². The second-order valence-corrected chi connectivity index (χ2v) is 7.46. The van der Waals surface area contributed by atoms with E-state index in [1.54, 1.807) is 42.5 Å². The molecule has 0 spiro atoms. The van der Waals surface area contributed by atoms with Crippen LogP contribution in [0.1, 0.15) is 11.1 Å². The highest BCUT2D eigenvalue weighted by molar-refractivity contribution is 9.10. The molecule has 0 fully saturated rings. The van der Waals surface area contributed by atoms with Crippen LogP contribution >= 0.6 is 27.5 Å². The number of amides is 1. The minimum Gasteiger partial charge on any atom is -0.266 e. The molecule has 0 saturated carbocycles. The monoisotopic (exact) mass is 454 g/mol. The number of anilines is 1. The lowest BCUT2D eigenvalue weighted by Crippen LogP contribution is -2.32. The van der Waals surface area contributed by atoms with Crippen molar-refractivity contribution in [3.63, 3.8) is 0 Å². The van der Waals surface area contributed by atoms with Gasteiger partial charge in [-0.05, 0) is 48.5 Å². The van der Waals surface area contributed by atoms with Crippen LogP contribution in [0.4, 0.5) is 10.1 Å². The van der Waals surface area contributed by atoms with E-state index in [0.717, 1.165) is 10.0 Å². The van der Waals surface area contributed by atoms with E-state index in [9.17, 15) is 9.18 Å². The molecule has 1 aliphatic heterocycles. The molecule has 28 heavy (non-hydrogen) atoms. The first kappa shape index (κ1) is 18.6. The predicted molar refractivity (Wildman–Crippen MR) is 114 cm³/mol. The lowest BCUT2D eigenvalue weighted by atomic mass is 10.1. The zero-order valence-electron chi connectivity index (χ0n) is 14.4. The number of carbonyl (C=O) groups is 1. The van der Waals surface area contributed by atoms with Crippen molar-refractivity contribution in [1.82, 2.24) is 0 Å². The third-order valence-corrected chi connectivity index (χ3v) is 5.03. The molecule has 1 aliphatic rings. The lowest BCUT2D eigenvalue weighted by molar-refractivity contribution is -0.113. The van der Waals surface area contributed by atoms with Crippen LogP contribution < -0.4 is 4.90 Å². The first-order valence-corrected chi connectivity index (χ1v) is 9.61. The number of halogens is 3. The second-order valence-electron chi connectivity index (χ2n) is 6.11. The summed E-state index contributed by atoms with van der Waals surface area (Å²) in [5.41, 5.74) is 1.87. The minimum atomic E-state index is -0.409. The molecule has 0 unspecified atom stereocenters.